The van der Waals surface area contributed by atoms with Gasteiger partial charge in [-0.25, -0.2) is 0 Å². The third-order valence-electron chi connectivity index (χ3n) is 2.14. The molecule has 0 saturated carbocycles. The Hall–Kier alpha value is -0.622. The van der Waals surface area contributed by atoms with Gasteiger partial charge in [0.15, 0.2) is 5.78 Å². The molecule has 0 aliphatic rings. The molecule has 1 aromatic carbocycles. The van der Waals surface area contributed by atoms with E-state index >= 15 is 0 Å². The van der Waals surface area contributed by atoms with Crippen molar-refractivity contribution < 1.29 is 30.6 Å². The van der Waals surface area contributed by atoms with Crippen molar-refractivity contribution in [3.63, 3.8) is 0 Å². The molecule has 0 heterocycles. The fourth-order valence-electron chi connectivity index (χ4n) is 1.44. The number of benzene rings is 1. The van der Waals surface area contributed by atoms with E-state index in [9.17, 15) is 4.79 Å². The first-order valence-electron chi connectivity index (χ1n) is 5.48. The molecule has 1 rings (SSSR count). The summed E-state index contributed by atoms with van der Waals surface area (Å²) in [7, 11) is 0. The first-order valence-corrected chi connectivity index (χ1v) is 5.48. The maximum absolute atomic E-state index is 11.9. The molecular formula is C14H19O2W-. The number of ether oxygens (including phenoxy) is 1. The summed E-state index contributed by atoms with van der Waals surface area (Å²) < 4.78 is 5.22. The van der Waals surface area contributed by atoms with E-state index in [0.717, 1.165) is 11.3 Å². The van der Waals surface area contributed by atoms with Gasteiger partial charge in [-0.1, -0.05) is 20.8 Å². The van der Waals surface area contributed by atoms with Crippen LogP contribution in [-0.4, -0.2) is 12.4 Å². The SMILES string of the molecule is [CH2-]COc1ccc(C(=O)CC(C)(C)C)cc1.[W]. The minimum absolute atomic E-state index is 0. The van der Waals surface area contributed by atoms with Crippen LogP contribution in [0.4, 0.5) is 0 Å². The van der Waals surface area contributed by atoms with Crippen molar-refractivity contribution >= 4 is 5.78 Å². The molecule has 94 valence electrons. The molecule has 1 aromatic rings. The van der Waals surface area contributed by atoms with E-state index in [4.69, 9.17) is 4.74 Å². The number of rotatable bonds is 4. The van der Waals surface area contributed by atoms with Gasteiger partial charge in [-0.05, 0) is 36.3 Å². The molecule has 3 heteroatoms. The van der Waals surface area contributed by atoms with E-state index in [1.54, 1.807) is 24.3 Å². The van der Waals surface area contributed by atoms with Crippen LogP contribution in [0.15, 0.2) is 24.3 Å². The van der Waals surface area contributed by atoms with Crippen LogP contribution in [0.2, 0.25) is 0 Å². The van der Waals surface area contributed by atoms with Crippen molar-refractivity contribution in [2.45, 2.75) is 27.2 Å². The minimum Gasteiger partial charge on any atom is -0.525 e. The van der Waals surface area contributed by atoms with Crippen LogP contribution < -0.4 is 4.74 Å². The predicted molar refractivity (Wildman–Crippen MR) is 65.7 cm³/mol. The Labute approximate surface area is 118 Å². The van der Waals surface area contributed by atoms with E-state index in [0.29, 0.717) is 13.0 Å². The summed E-state index contributed by atoms with van der Waals surface area (Å²) in [4.78, 5) is 11.9. The van der Waals surface area contributed by atoms with Crippen LogP contribution in [0.25, 0.3) is 0 Å². The number of hydrogen-bond acceptors (Lipinski definition) is 2. The van der Waals surface area contributed by atoms with Gasteiger partial charge in [0.2, 0.25) is 0 Å². The molecule has 0 radical (unpaired) electrons. The van der Waals surface area contributed by atoms with Gasteiger partial charge in [-0.3, -0.25) is 4.79 Å². The molecule has 0 spiro atoms. The summed E-state index contributed by atoms with van der Waals surface area (Å²) in [6.07, 6.45) is 0.558. The fraction of sp³-hybridized carbons (Fsp3) is 0.429. The van der Waals surface area contributed by atoms with Gasteiger partial charge in [0.25, 0.3) is 0 Å². The molecule has 0 aromatic heterocycles. The van der Waals surface area contributed by atoms with Crippen molar-refractivity contribution in [2.24, 2.45) is 5.41 Å². The van der Waals surface area contributed by atoms with Gasteiger partial charge < -0.3 is 11.7 Å². The largest absolute Gasteiger partial charge is 0.525 e. The second-order valence-electron chi connectivity index (χ2n) is 5.03. The summed E-state index contributed by atoms with van der Waals surface area (Å²) in [6.45, 7) is 10.2. The number of carbonyl (C=O) groups excluding carboxylic acids is 1. The molecule has 0 amide bonds. The zero-order chi connectivity index (χ0) is 12.2. The van der Waals surface area contributed by atoms with E-state index in [-0.39, 0.29) is 32.3 Å². The number of hydrogen-bond donors (Lipinski definition) is 0. The van der Waals surface area contributed by atoms with E-state index < -0.39 is 0 Å². The quantitative estimate of drug-likeness (QED) is 0.568. The molecule has 2 nitrogen and oxygen atoms in total. The van der Waals surface area contributed by atoms with Crippen molar-refractivity contribution in [3.05, 3.63) is 36.8 Å². The van der Waals surface area contributed by atoms with Gasteiger partial charge in [0.1, 0.15) is 5.75 Å². The van der Waals surface area contributed by atoms with Gasteiger partial charge >= 0.3 is 0 Å². The van der Waals surface area contributed by atoms with E-state index in [1.807, 2.05) is 0 Å². The molecule has 0 fully saturated rings. The molecule has 0 unspecified atom stereocenters. The van der Waals surface area contributed by atoms with Gasteiger partial charge in [-0.2, -0.15) is 0 Å². The average Bonchev–Trinajstić information content (AvgIpc) is 2.16. The molecule has 17 heavy (non-hydrogen) atoms. The summed E-state index contributed by atoms with van der Waals surface area (Å²) >= 11 is 0. The second kappa shape index (κ2) is 6.96. The topological polar surface area (TPSA) is 26.3 Å². The van der Waals surface area contributed by atoms with E-state index in [1.165, 1.54) is 0 Å². The summed E-state index contributed by atoms with van der Waals surface area (Å²) in [5.41, 5.74) is 0.769. The summed E-state index contributed by atoms with van der Waals surface area (Å²) in [5.74, 6) is 0.927. The first-order chi connectivity index (χ1) is 7.42. The first kappa shape index (κ1) is 16.4. The standard InChI is InChI=1S/C14H19O2.W/c1-5-16-12-8-6-11(7-9-12)13(15)10-14(2,3)4;/h6-9H,1,5,10H2,2-4H3;/q-1;. The smallest absolute Gasteiger partial charge is 0.163 e. The van der Waals surface area contributed by atoms with Crippen molar-refractivity contribution in [3.8, 4) is 5.75 Å². The fourth-order valence-corrected chi connectivity index (χ4v) is 1.44. The third-order valence-corrected chi connectivity index (χ3v) is 2.14. The number of ketones is 1. The molecule has 0 saturated heterocycles. The van der Waals surface area contributed by atoms with Crippen LogP contribution in [-0.2, 0) is 21.1 Å². The molecule has 0 aliphatic carbocycles. The maximum atomic E-state index is 11.9. The Morgan fingerprint density at radius 1 is 1.24 bits per heavy atom. The molecule has 0 atom stereocenters. The zero-order valence-electron chi connectivity index (χ0n) is 10.7. The Morgan fingerprint density at radius 2 is 1.76 bits per heavy atom. The van der Waals surface area contributed by atoms with Crippen molar-refractivity contribution in [2.75, 3.05) is 6.61 Å². The Kier molecular flexibility index (Phi) is 6.70. The molecule has 0 N–H and O–H groups in total. The minimum atomic E-state index is 0. The second-order valence-corrected chi connectivity index (χ2v) is 5.03. The third kappa shape index (κ3) is 6.02. The Morgan fingerprint density at radius 3 is 2.18 bits per heavy atom. The van der Waals surface area contributed by atoms with Crippen LogP contribution in [0, 0.1) is 12.3 Å². The number of Topliss-reactive ketones (excluding diaryl/α,β-unsaturated/α-hetero) is 1. The van der Waals surface area contributed by atoms with Gasteiger partial charge in [0, 0.05) is 33.0 Å². The normalized spacial score (nSPS) is 10.6. The summed E-state index contributed by atoms with van der Waals surface area (Å²) in [6, 6.07) is 7.22. The van der Waals surface area contributed by atoms with Crippen LogP contribution in [0.1, 0.15) is 37.6 Å². The van der Waals surface area contributed by atoms with Crippen molar-refractivity contribution in [1.82, 2.24) is 0 Å². The monoisotopic (exact) mass is 403 g/mol. The van der Waals surface area contributed by atoms with Gasteiger partial charge in [0.05, 0.1) is 0 Å². The van der Waals surface area contributed by atoms with Crippen LogP contribution >= 0.6 is 0 Å². The molecular weight excluding hydrogens is 384 g/mol. The van der Waals surface area contributed by atoms with Crippen LogP contribution in [0.3, 0.4) is 0 Å². The van der Waals surface area contributed by atoms with Crippen molar-refractivity contribution in [1.29, 1.82) is 0 Å². The Bertz CT molecular complexity index is 349. The van der Waals surface area contributed by atoms with E-state index in [2.05, 4.69) is 27.7 Å². The molecule has 0 bridgehead atoms. The van der Waals surface area contributed by atoms with Gasteiger partial charge in [-0.15, -0.1) is 0 Å². The average molecular weight is 403 g/mol. The molecule has 0 aliphatic heterocycles. The Balaban J connectivity index is 0.00000256. The zero-order valence-corrected chi connectivity index (χ0v) is 13.6. The predicted octanol–water partition coefficient (Wildman–Crippen LogP) is 3.52. The maximum Gasteiger partial charge on any atom is 0.163 e. The number of carbonyl (C=O) groups is 1. The summed E-state index contributed by atoms with van der Waals surface area (Å²) in [5, 5.41) is 0. The van der Waals surface area contributed by atoms with Crippen LogP contribution in [0.5, 0.6) is 5.75 Å².